The number of anilines is 1. The fourth-order valence-corrected chi connectivity index (χ4v) is 5.30. The van der Waals surface area contributed by atoms with Crippen LogP contribution in [0.5, 0.6) is 17.2 Å². The fraction of sp³-hybridized carbons (Fsp3) is 0.270. The van der Waals surface area contributed by atoms with E-state index in [9.17, 15) is 18.4 Å². The van der Waals surface area contributed by atoms with Crippen LogP contribution in [0.3, 0.4) is 0 Å². The molecule has 0 N–H and O–H groups in total. The van der Waals surface area contributed by atoms with Gasteiger partial charge in [0.25, 0.3) is 5.91 Å². The molecule has 3 aromatic carbocycles. The van der Waals surface area contributed by atoms with E-state index >= 15 is 0 Å². The second-order valence-corrected chi connectivity index (χ2v) is 13.0. The molecule has 11 nitrogen and oxygen atoms in total. The summed E-state index contributed by atoms with van der Waals surface area (Å²) in [5.41, 5.74) is 1.61. The Hall–Kier alpha value is -5.34. The van der Waals surface area contributed by atoms with Crippen LogP contribution < -0.4 is 29.1 Å². The van der Waals surface area contributed by atoms with Crippen LogP contribution in [0.1, 0.15) is 35.7 Å². The van der Waals surface area contributed by atoms with Crippen LogP contribution in [0.25, 0.3) is 16.6 Å². The summed E-state index contributed by atoms with van der Waals surface area (Å²) in [5.74, 6) is -0.801. The molecule has 270 valence electrons. The van der Waals surface area contributed by atoms with E-state index in [1.54, 1.807) is 47.9 Å². The zero-order valence-corrected chi connectivity index (χ0v) is 29.7. The van der Waals surface area contributed by atoms with Gasteiger partial charge in [0.2, 0.25) is 5.43 Å². The van der Waals surface area contributed by atoms with Gasteiger partial charge in [0.15, 0.2) is 12.4 Å². The summed E-state index contributed by atoms with van der Waals surface area (Å²) in [4.78, 5) is 28.9. The number of rotatable bonds is 12. The Balaban J connectivity index is 0.00000109. The van der Waals surface area contributed by atoms with E-state index in [-0.39, 0.29) is 23.2 Å². The Morgan fingerprint density at radius 1 is 0.902 bits per heavy atom. The van der Waals surface area contributed by atoms with E-state index in [2.05, 4.69) is 12.1 Å². The van der Waals surface area contributed by atoms with Gasteiger partial charge in [-0.25, -0.2) is 21.8 Å². The Bertz CT molecular complexity index is 2120. The lowest BCUT2D eigenvalue weighted by Gasteiger charge is -2.22. The number of pyridine rings is 2. The van der Waals surface area contributed by atoms with Crippen LogP contribution in [0.15, 0.2) is 90.1 Å². The SMILES string of the molecule is CCN(C(=O)c1cn(-c2cc(OC)cc(OC)c2)c2cc(OCCCCc3cc[n+](C)cc3)ccc2c1=O)c1cc(F)cc(F)c1.CS(=O)(=O)[O-]. The maximum Gasteiger partial charge on any atom is 0.263 e. The molecule has 5 aromatic rings. The quantitative estimate of drug-likeness (QED) is 0.0959. The third-order valence-electron chi connectivity index (χ3n) is 7.72. The number of hydrogen-bond acceptors (Lipinski definition) is 8. The van der Waals surface area contributed by atoms with Gasteiger partial charge in [0.1, 0.15) is 41.5 Å². The lowest BCUT2D eigenvalue weighted by atomic mass is 10.1. The molecule has 2 aromatic heterocycles. The second-order valence-electron chi connectivity index (χ2n) is 11.6. The molecule has 0 saturated carbocycles. The maximum atomic E-state index is 14.1. The van der Waals surface area contributed by atoms with Crippen molar-refractivity contribution in [2.24, 2.45) is 7.05 Å². The number of benzene rings is 3. The van der Waals surface area contributed by atoms with E-state index in [4.69, 9.17) is 27.2 Å². The van der Waals surface area contributed by atoms with Crippen molar-refractivity contribution in [2.75, 3.05) is 38.5 Å². The van der Waals surface area contributed by atoms with Crippen molar-refractivity contribution in [2.45, 2.75) is 26.2 Å². The number of hydrogen-bond donors (Lipinski definition) is 0. The maximum absolute atomic E-state index is 14.1. The van der Waals surface area contributed by atoms with Crippen LogP contribution in [0.4, 0.5) is 14.5 Å². The summed E-state index contributed by atoms with van der Waals surface area (Å²) >= 11 is 0. The van der Waals surface area contributed by atoms with Gasteiger partial charge in [-0.2, -0.15) is 0 Å². The Morgan fingerprint density at radius 3 is 2.08 bits per heavy atom. The predicted molar refractivity (Wildman–Crippen MR) is 188 cm³/mol. The minimum absolute atomic E-state index is 0.00381. The van der Waals surface area contributed by atoms with Gasteiger partial charge >= 0.3 is 0 Å². The van der Waals surface area contributed by atoms with E-state index in [1.807, 2.05) is 24.0 Å². The van der Waals surface area contributed by atoms with Crippen molar-refractivity contribution in [1.29, 1.82) is 0 Å². The first kappa shape index (κ1) is 38.5. The smallest absolute Gasteiger partial charge is 0.263 e. The lowest BCUT2D eigenvalue weighted by molar-refractivity contribution is -0.671. The first-order chi connectivity index (χ1) is 24.2. The zero-order valence-electron chi connectivity index (χ0n) is 28.9. The van der Waals surface area contributed by atoms with Gasteiger partial charge in [-0.3, -0.25) is 9.59 Å². The standard InChI is InChI=1S/C36H36F2N3O5.CH4O3S/c1-5-40(27-17-25(37)16-26(38)18-27)36(43)33-23-41(28-19-30(44-3)21-31(20-28)45-4)34-22-29(9-10-32(34)35(33)42)46-15-7-6-8-24-11-13-39(2)14-12-24;1-5(2,3)4/h9-14,16-23H,5-8,15H2,1-4H3;1H3,(H,2,3,4)/q+1;/p-1. The average molecular weight is 724 g/mol. The molecule has 51 heavy (non-hydrogen) atoms. The van der Waals surface area contributed by atoms with Crippen molar-refractivity contribution in [3.05, 3.63) is 118 Å². The Labute approximate surface area is 295 Å². The van der Waals surface area contributed by atoms with Crippen molar-refractivity contribution in [3.8, 4) is 22.9 Å². The minimum atomic E-state index is -3.92. The van der Waals surface area contributed by atoms with Crippen molar-refractivity contribution >= 4 is 32.6 Å². The van der Waals surface area contributed by atoms with E-state index in [0.29, 0.717) is 41.3 Å². The molecule has 0 aliphatic carbocycles. The van der Waals surface area contributed by atoms with Gasteiger partial charge in [-0.1, -0.05) is 0 Å². The summed E-state index contributed by atoms with van der Waals surface area (Å²) in [6.07, 6.45) is 8.81. The third kappa shape index (κ3) is 10.6. The Morgan fingerprint density at radius 2 is 1.51 bits per heavy atom. The van der Waals surface area contributed by atoms with E-state index in [1.165, 1.54) is 26.0 Å². The number of ether oxygens (including phenoxy) is 3. The summed E-state index contributed by atoms with van der Waals surface area (Å²) in [7, 11) is 1.12. The van der Waals surface area contributed by atoms with Crippen LogP contribution in [0, 0.1) is 11.6 Å². The van der Waals surface area contributed by atoms with Crippen LogP contribution in [-0.2, 0) is 23.6 Å². The number of halogens is 2. The van der Waals surface area contributed by atoms with Gasteiger partial charge < -0.3 is 28.2 Å². The average Bonchev–Trinajstić information content (AvgIpc) is 3.08. The van der Waals surface area contributed by atoms with Gasteiger partial charge in [-0.15, -0.1) is 0 Å². The molecule has 0 saturated heterocycles. The van der Waals surface area contributed by atoms with Gasteiger partial charge in [-0.05, 0) is 56.0 Å². The van der Waals surface area contributed by atoms with Crippen LogP contribution in [0.2, 0.25) is 0 Å². The highest BCUT2D eigenvalue weighted by atomic mass is 32.2. The molecule has 14 heteroatoms. The molecule has 0 fully saturated rings. The summed E-state index contributed by atoms with van der Waals surface area (Å²) in [5, 5.41) is 0.263. The van der Waals surface area contributed by atoms with Crippen LogP contribution >= 0.6 is 0 Å². The van der Waals surface area contributed by atoms with E-state index < -0.39 is 33.1 Å². The molecule has 0 unspecified atom stereocenters. The zero-order chi connectivity index (χ0) is 37.3. The van der Waals surface area contributed by atoms with Crippen molar-refractivity contribution < 1.29 is 45.3 Å². The molecular weight excluding hydrogens is 684 g/mol. The highest BCUT2D eigenvalue weighted by molar-refractivity contribution is 7.84. The molecule has 0 aliphatic heterocycles. The molecule has 0 radical (unpaired) electrons. The fourth-order valence-electron chi connectivity index (χ4n) is 5.30. The molecule has 0 atom stereocenters. The molecule has 0 aliphatic rings. The number of unbranched alkanes of at least 4 members (excludes halogenated alkanes) is 1. The van der Waals surface area contributed by atoms with Gasteiger partial charge in [0, 0.05) is 72.5 Å². The summed E-state index contributed by atoms with van der Waals surface area (Å²) in [6.45, 7) is 2.22. The highest BCUT2D eigenvalue weighted by Crippen LogP contribution is 2.29. The molecule has 1 amide bonds. The van der Waals surface area contributed by atoms with Crippen molar-refractivity contribution in [3.63, 3.8) is 0 Å². The topological polar surface area (TPSA) is 131 Å². The number of aryl methyl sites for hydroxylation is 2. The third-order valence-corrected chi connectivity index (χ3v) is 7.72. The number of fused-ring (bicyclic) bond motifs is 1. The first-order valence-corrected chi connectivity index (χ1v) is 17.7. The van der Waals surface area contributed by atoms with E-state index in [0.717, 1.165) is 42.4 Å². The molecule has 0 bridgehead atoms. The van der Waals surface area contributed by atoms with Gasteiger partial charge in [0.05, 0.1) is 42.1 Å². The van der Waals surface area contributed by atoms with Crippen LogP contribution in [-0.4, -0.2) is 57.1 Å². The van der Waals surface area contributed by atoms with Crippen molar-refractivity contribution in [1.82, 2.24) is 4.57 Å². The number of nitrogens with zero attached hydrogens (tertiary/aromatic N) is 3. The second kappa shape index (κ2) is 17.1. The summed E-state index contributed by atoms with van der Waals surface area (Å²) < 4.78 is 76.1. The minimum Gasteiger partial charge on any atom is -0.748 e. The number of aromatic nitrogens is 2. The number of carbonyl (C=O) groups is 1. The first-order valence-electron chi connectivity index (χ1n) is 15.9. The Kier molecular flexibility index (Phi) is 12.9. The summed E-state index contributed by atoms with van der Waals surface area (Å²) in [6, 6.07) is 17.3. The largest absolute Gasteiger partial charge is 0.748 e. The number of methoxy groups -OCH3 is 2. The molecule has 2 heterocycles. The molecule has 0 spiro atoms. The normalized spacial score (nSPS) is 11.1. The molecular formula is C37H39F2N3O8S. The monoisotopic (exact) mass is 723 g/mol. The predicted octanol–water partition coefficient (Wildman–Crippen LogP) is 5.34. The lowest BCUT2D eigenvalue weighted by Crippen LogP contribution is -2.35. The number of carbonyl (C=O) groups excluding carboxylic acids is 1. The molecule has 5 rings (SSSR count). The number of amides is 1. The highest BCUT2D eigenvalue weighted by Gasteiger charge is 2.24.